The molecule has 0 atom stereocenters. The second-order valence-electron chi connectivity index (χ2n) is 8.76. The molecule has 1 heterocycles. The summed E-state index contributed by atoms with van der Waals surface area (Å²) in [6.45, 7) is 6.39. The summed E-state index contributed by atoms with van der Waals surface area (Å²) in [4.78, 5) is 12.4. The maximum Gasteiger partial charge on any atom is 0.346 e. The van der Waals surface area contributed by atoms with E-state index in [1.807, 2.05) is 6.08 Å². The van der Waals surface area contributed by atoms with Gasteiger partial charge in [0.1, 0.15) is 11.1 Å². The van der Waals surface area contributed by atoms with Crippen molar-refractivity contribution in [1.82, 2.24) is 0 Å². The first kappa shape index (κ1) is 26.2. The summed E-state index contributed by atoms with van der Waals surface area (Å²) in [5.74, 6) is 0.165. The number of hydrogen-bond donors (Lipinski definition) is 0. The molecule has 0 aliphatic heterocycles. The van der Waals surface area contributed by atoms with Gasteiger partial charge >= 0.3 is 5.63 Å². The minimum atomic E-state index is -0.608. The van der Waals surface area contributed by atoms with Crippen molar-refractivity contribution in [2.45, 2.75) is 103 Å². The number of rotatable bonds is 18. The lowest BCUT2D eigenvalue weighted by Gasteiger charge is -2.09. The van der Waals surface area contributed by atoms with Gasteiger partial charge in [-0.05, 0) is 43.2 Å². The van der Waals surface area contributed by atoms with Gasteiger partial charge in [0, 0.05) is 6.42 Å². The number of aryl methyl sites for hydroxylation is 1. The van der Waals surface area contributed by atoms with E-state index in [1.54, 1.807) is 18.2 Å². The van der Waals surface area contributed by atoms with Crippen LogP contribution in [0.1, 0.15) is 103 Å². The maximum atomic E-state index is 14.8. The highest BCUT2D eigenvalue weighted by atomic mass is 19.1. The Kier molecular flexibility index (Phi) is 12.8. The van der Waals surface area contributed by atoms with Crippen molar-refractivity contribution in [2.24, 2.45) is 0 Å². The molecular weight excluding hydrogens is 403 g/mol. The molecule has 0 saturated heterocycles. The van der Waals surface area contributed by atoms with Crippen LogP contribution in [-0.4, -0.2) is 6.61 Å². The Balaban J connectivity index is 1.78. The van der Waals surface area contributed by atoms with Crippen molar-refractivity contribution < 1.29 is 13.5 Å². The fourth-order valence-electron chi connectivity index (χ4n) is 4.04. The fourth-order valence-corrected chi connectivity index (χ4v) is 4.04. The lowest BCUT2D eigenvalue weighted by Crippen LogP contribution is -2.07. The molecule has 0 radical (unpaired) electrons. The van der Waals surface area contributed by atoms with Crippen LogP contribution in [0.15, 0.2) is 40.1 Å². The van der Waals surface area contributed by atoms with E-state index in [4.69, 9.17) is 9.15 Å². The molecule has 0 spiro atoms. The zero-order valence-corrected chi connectivity index (χ0v) is 19.9. The predicted octanol–water partition coefficient (Wildman–Crippen LogP) is 8.52. The maximum absolute atomic E-state index is 14.8. The van der Waals surface area contributed by atoms with Gasteiger partial charge in [-0.2, -0.15) is 0 Å². The van der Waals surface area contributed by atoms with Gasteiger partial charge in [-0.15, -0.1) is 6.58 Å². The molecule has 32 heavy (non-hydrogen) atoms. The third-order valence-corrected chi connectivity index (χ3v) is 5.97. The molecule has 178 valence electrons. The van der Waals surface area contributed by atoms with E-state index in [1.165, 1.54) is 57.8 Å². The summed E-state index contributed by atoms with van der Waals surface area (Å²) < 4.78 is 25.8. The molecule has 2 aromatic rings. The Labute approximate surface area is 193 Å². The molecule has 1 aromatic heterocycles. The molecule has 0 saturated carbocycles. The first-order chi connectivity index (χ1) is 15.7. The Hall–Kier alpha value is -2.10. The molecule has 3 nitrogen and oxygen atoms in total. The summed E-state index contributed by atoms with van der Waals surface area (Å²) in [6, 6.07) is 5.19. The van der Waals surface area contributed by atoms with Gasteiger partial charge in [0.2, 0.25) is 0 Å². The molecule has 0 fully saturated rings. The standard InChI is InChI=1S/C28H41FO3/c1-3-5-7-9-10-11-12-13-14-16-18-24-22-23-19-20-25(27(29)26(23)28(30)32-24)31-21-17-15-8-6-4-2/h3,19-20,22H,1,4-18,21H2,2H3. The van der Waals surface area contributed by atoms with Crippen LogP contribution in [0.5, 0.6) is 5.75 Å². The SMILES string of the molecule is C=CCCCCCCCCCCc1cc2ccc(OCCCCCCC)c(F)c2c(=O)o1. The number of benzene rings is 1. The van der Waals surface area contributed by atoms with Crippen LogP contribution in [-0.2, 0) is 6.42 Å². The van der Waals surface area contributed by atoms with Crippen molar-refractivity contribution in [3.8, 4) is 5.75 Å². The Bertz CT molecular complexity index is 856. The molecule has 0 unspecified atom stereocenters. The Morgan fingerprint density at radius 1 is 0.938 bits per heavy atom. The normalized spacial score (nSPS) is 11.2. The highest BCUT2D eigenvalue weighted by Crippen LogP contribution is 2.25. The van der Waals surface area contributed by atoms with Crippen molar-refractivity contribution >= 4 is 10.8 Å². The zero-order valence-electron chi connectivity index (χ0n) is 19.9. The molecule has 0 aliphatic carbocycles. The second-order valence-corrected chi connectivity index (χ2v) is 8.76. The number of halogens is 1. The monoisotopic (exact) mass is 444 g/mol. The summed E-state index contributed by atoms with van der Waals surface area (Å²) in [6.07, 6.45) is 19.0. The topological polar surface area (TPSA) is 39.4 Å². The van der Waals surface area contributed by atoms with E-state index in [0.29, 0.717) is 24.2 Å². The van der Waals surface area contributed by atoms with Crippen LogP contribution in [0, 0.1) is 5.82 Å². The average Bonchev–Trinajstić information content (AvgIpc) is 2.78. The lowest BCUT2D eigenvalue weighted by atomic mass is 10.0. The van der Waals surface area contributed by atoms with Crippen LogP contribution in [0.4, 0.5) is 4.39 Å². The molecule has 1 aromatic carbocycles. The van der Waals surface area contributed by atoms with E-state index < -0.39 is 11.4 Å². The Morgan fingerprint density at radius 3 is 2.31 bits per heavy atom. The van der Waals surface area contributed by atoms with Gasteiger partial charge < -0.3 is 9.15 Å². The molecule has 2 rings (SSSR count). The average molecular weight is 445 g/mol. The van der Waals surface area contributed by atoms with Gasteiger partial charge in [0.15, 0.2) is 11.6 Å². The third-order valence-electron chi connectivity index (χ3n) is 5.97. The number of hydrogen-bond acceptors (Lipinski definition) is 3. The van der Waals surface area contributed by atoms with Gasteiger partial charge in [0.25, 0.3) is 0 Å². The predicted molar refractivity (Wildman–Crippen MR) is 132 cm³/mol. The lowest BCUT2D eigenvalue weighted by molar-refractivity contribution is 0.291. The number of unbranched alkanes of at least 4 members (excludes halogenated alkanes) is 12. The van der Waals surface area contributed by atoms with E-state index in [0.717, 1.165) is 32.1 Å². The van der Waals surface area contributed by atoms with Crippen molar-refractivity contribution in [2.75, 3.05) is 6.61 Å². The third kappa shape index (κ3) is 9.18. The summed E-state index contributed by atoms with van der Waals surface area (Å²) in [5, 5.41) is 0.581. The van der Waals surface area contributed by atoms with Crippen LogP contribution < -0.4 is 10.4 Å². The summed E-state index contributed by atoms with van der Waals surface area (Å²) >= 11 is 0. The summed E-state index contributed by atoms with van der Waals surface area (Å²) in [7, 11) is 0. The second kappa shape index (κ2) is 15.7. The molecule has 0 bridgehead atoms. The first-order valence-corrected chi connectivity index (χ1v) is 12.7. The van der Waals surface area contributed by atoms with E-state index in [2.05, 4.69) is 13.5 Å². The van der Waals surface area contributed by atoms with Gasteiger partial charge in [-0.25, -0.2) is 9.18 Å². The van der Waals surface area contributed by atoms with Crippen molar-refractivity contribution in [1.29, 1.82) is 0 Å². The van der Waals surface area contributed by atoms with Crippen molar-refractivity contribution in [3.05, 3.63) is 52.9 Å². The number of allylic oxidation sites excluding steroid dienone is 1. The van der Waals surface area contributed by atoms with E-state index in [-0.39, 0.29) is 11.1 Å². The largest absolute Gasteiger partial charge is 0.490 e. The van der Waals surface area contributed by atoms with Gasteiger partial charge in [0.05, 0.1) is 6.61 Å². The number of fused-ring (bicyclic) bond motifs is 1. The molecule has 0 aliphatic rings. The van der Waals surface area contributed by atoms with Crippen LogP contribution in [0.2, 0.25) is 0 Å². The smallest absolute Gasteiger partial charge is 0.346 e. The molecule has 4 heteroatoms. The van der Waals surface area contributed by atoms with E-state index >= 15 is 0 Å². The molecule has 0 N–H and O–H groups in total. The minimum Gasteiger partial charge on any atom is -0.490 e. The van der Waals surface area contributed by atoms with Crippen molar-refractivity contribution in [3.63, 3.8) is 0 Å². The van der Waals surface area contributed by atoms with E-state index in [9.17, 15) is 9.18 Å². The molecule has 0 amide bonds. The number of ether oxygens (including phenoxy) is 1. The Morgan fingerprint density at radius 2 is 1.59 bits per heavy atom. The minimum absolute atomic E-state index is 0.00585. The van der Waals surface area contributed by atoms with Crippen LogP contribution >= 0.6 is 0 Å². The summed E-state index contributed by atoms with van der Waals surface area (Å²) in [5.41, 5.74) is -0.608. The first-order valence-electron chi connectivity index (χ1n) is 12.7. The highest BCUT2D eigenvalue weighted by Gasteiger charge is 2.14. The fraction of sp³-hybridized carbons (Fsp3) is 0.607. The molecular formula is C28H41FO3. The van der Waals surface area contributed by atoms with Gasteiger partial charge in [-0.3, -0.25) is 0 Å². The van der Waals surface area contributed by atoms with Crippen LogP contribution in [0.25, 0.3) is 10.8 Å². The zero-order chi connectivity index (χ0) is 23.0. The van der Waals surface area contributed by atoms with Crippen LogP contribution in [0.3, 0.4) is 0 Å². The van der Waals surface area contributed by atoms with Gasteiger partial charge in [-0.1, -0.05) is 83.3 Å². The highest BCUT2D eigenvalue weighted by molar-refractivity contribution is 5.83. The quantitative estimate of drug-likeness (QED) is 0.171.